The lowest BCUT2D eigenvalue weighted by Gasteiger charge is -2.14. The number of halogens is 5. The summed E-state index contributed by atoms with van der Waals surface area (Å²) in [5.41, 5.74) is -4.04. The van der Waals surface area contributed by atoms with Crippen molar-refractivity contribution in [1.29, 1.82) is 0 Å². The molecule has 12 heteroatoms. The molecule has 0 amide bonds. The summed E-state index contributed by atoms with van der Waals surface area (Å²) in [5, 5.41) is 18.8. The fraction of sp³-hybridized carbons (Fsp3) is 0.294. The predicted octanol–water partition coefficient (Wildman–Crippen LogP) is 0.273. The molecule has 7 nitrogen and oxygen atoms in total. The van der Waals surface area contributed by atoms with Crippen LogP contribution >= 0.6 is 0 Å². The van der Waals surface area contributed by atoms with Crippen molar-refractivity contribution in [2.75, 3.05) is 6.61 Å². The molecule has 1 aliphatic rings. The number of aromatic amines is 1. The van der Waals surface area contributed by atoms with Gasteiger partial charge in [-0.2, -0.15) is 0 Å². The van der Waals surface area contributed by atoms with E-state index in [1.165, 1.54) is 0 Å². The lowest BCUT2D eigenvalue weighted by molar-refractivity contribution is -0.0459. The molecule has 3 atom stereocenters. The molecule has 0 bridgehead atoms. The summed E-state index contributed by atoms with van der Waals surface area (Å²) in [4.78, 5) is 25.7. The van der Waals surface area contributed by atoms with E-state index in [9.17, 15) is 36.6 Å². The van der Waals surface area contributed by atoms with Crippen LogP contribution in [0, 0.1) is 40.9 Å². The summed E-state index contributed by atoms with van der Waals surface area (Å²) in [6.07, 6.45) is -2.46. The molecule has 0 spiro atoms. The molecule has 1 aromatic carbocycles. The van der Waals surface area contributed by atoms with Gasteiger partial charge in [-0.15, -0.1) is 0 Å². The molecule has 1 aliphatic heterocycles. The summed E-state index contributed by atoms with van der Waals surface area (Å²) >= 11 is 0. The lowest BCUT2D eigenvalue weighted by atomic mass is 10.1. The zero-order valence-electron chi connectivity index (χ0n) is 14.2. The van der Waals surface area contributed by atoms with Gasteiger partial charge in [0, 0.05) is 12.6 Å². The first kappa shape index (κ1) is 20.7. The van der Waals surface area contributed by atoms with Crippen LogP contribution in [-0.2, 0) is 4.74 Å². The molecule has 1 saturated heterocycles. The van der Waals surface area contributed by atoms with Gasteiger partial charge in [-0.1, -0.05) is 11.8 Å². The number of aromatic nitrogens is 2. The smallest absolute Gasteiger partial charge is 0.330 e. The Morgan fingerprint density at radius 2 is 1.66 bits per heavy atom. The summed E-state index contributed by atoms with van der Waals surface area (Å²) in [7, 11) is 0. The molecular weight excluding hydrogens is 407 g/mol. The molecule has 0 unspecified atom stereocenters. The van der Waals surface area contributed by atoms with E-state index >= 15 is 0 Å². The minimum Gasteiger partial charge on any atom is -0.394 e. The Bertz CT molecular complexity index is 1120. The maximum absolute atomic E-state index is 13.7. The van der Waals surface area contributed by atoms with Gasteiger partial charge in [0.15, 0.2) is 23.3 Å². The van der Waals surface area contributed by atoms with E-state index in [0.29, 0.717) is 0 Å². The molecule has 0 aliphatic carbocycles. The van der Waals surface area contributed by atoms with Crippen molar-refractivity contribution in [3.63, 3.8) is 0 Å². The number of ether oxygens (including phenoxy) is 1. The van der Waals surface area contributed by atoms with Gasteiger partial charge in [-0.25, -0.2) is 26.7 Å². The van der Waals surface area contributed by atoms with E-state index in [2.05, 4.69) is 0 Å². The van der Waals surface area contributed by atoms with Crippen LogP contribution in [0.3, 0.4) is 0 Å². The monoisotopic (exact) mass is 418 g/mol. The fourth-order valence-electron chi connectivity index (χ4n) is 2.68. The molecular formula is C17H11F5N2O5. The number of hydrogen-bond donors (Lipinski definition) is 3. The van der Waals surface area contributed by atoms with Crippen LogP contribution in [-0.4, -0.2) is 38.6 Å². The number of aliphatic hydroxyl groups is 2. The van der Waals surface area contributed by atoms with E-state index in [0.717, 1.165) is 10.8 Å². The first-order valence-electron chi connectivity index (χ1n) is 7.99. The SMILES string of the molecule is O=c1[nH]c(=O)n([C@H]2C[C@@H](O)[C@H](CO)O2)cc1C#Cc1c(F)c(F)c(F)c(F)c1F. The van der Waals surface area contributed by atoms with Crippen molar-refractivity contribution in [1.82, 2.24) is 9.55 Å². The zero-order valence-corrected chi connectivity index (χ0v) is 14.2. The van der Waals surface area contributed by atoms with Crippen molar-refractivity contribution >= 4 is 0 Å². The fourth-order valence-corrected chi connectivity index (χ4v) is 2.68. The predicted molar refractivity (Wildman–Crippen MR) is 85.2 cm³/mol. The van der Waals surface area contributed by atoms with Crippen LogP contribution in [0.5, 0.6) is 0 Å². The third-order valence-electron chi connectivity index (χ3n) is 4.19. The second kappa shape index (κ2) is 7.78. The molecule has 3 rings (SSSR count). The maximum atomic E-state index is 13.7. The Morgan fingerprint density at radius 1 is 1.07 bits per heavy atom. The number of benzene rings is 1. The van der Waals surface area contributed by atoms with Crippen LogP contribution in [0.2, 0.25) is 0 Å². The average molecular weight is 418 g/mol. The van der Waals surface area contributed by atoms with E-state index in [1.807, 2.05) is 10.9 Å². The van der Waals surface area contributed by atoms with Gasteiger partial charge in [0.1, 0.15) is 23.5 Å². The average Bonchev–Trinajstić information content (AvgIpc) is 3.06. The lowest BCUT2D eigenvalue weighted by Crippen LogP contribution is -2.33. The Morgan fingerprint density at radius 3 is 2.21 bits per heavy atom. The quantitative estimate of drug-likeness (QED) is 0.281. The van der Waals surface area contributed by atoms with Gasteiger partial charge in [-0.3, -0.25) is 14.3 Å². The minimum atomic E-state index is -2.35. The van der Waals surface area contributed by atoms with Crippen molar-refractivity contribution in [3.05, 3.63) is 67.2 Å². The van der Waals surface area contributed by atoms with Gasteiger partial charge in [0.2, 0.25) is 5.82 Å². The molecule has 0 saturated carbocycles. The summed E-state index contributed by atoms with van der Waals surface area (Å²) in [6, 6.07) is 0. The highest BCUT2D eigenvalue weighted by Gasteiger charge is 2.35. The van der Waals surface area contributed by atoms with Crippen LogP contribution in [0.4, 0.5) is 22.0 Å². The normalized spacial score (nSPS) is 21.1. The zero-order chi connectivity index (χ0) is 21.5. The van der Waals surface area contributed by atoms with Gasteiger partial charge in [-0.05, 0) is 0 Å². The summed E-state index contributed by atoms with van der Waals surface area (Å²) in [5.74, 6) is -7.44. The van der Waals surface area contributed by atoms with Gasteiger partial charge in [0.25, 0.3) is 5.56 Å². The van der Waals surface area contributed by atoms with Crippen LogP contribution in [0.1, 0.15) is 23.8 Å². The highest BCUT2D eigenvalue weighted by Crippen LogP contribution is 2.27. The Hall–Kier alpha value is -3.01. The first-order chi connectivity index (χ1) is 13.6. The third kappa shape index (κ3) is 3.67. The topological polar surface area (TPSA) is 105 Å². The number of H-pyrrole nitrogens is 1. The molecule has 1 fully saturated rings. The van der Waals surface area contributed by atoms with E-state index in [4.69, 9.17) is 9.84 Å². The van der Waals surface area contributed by atoms with E-state index in [-0.39, 0.29) is 6.42 Å². The largest absolute Gasteiger partial charge is 0.394 e. The van der Waals surface area contributed by atoms with Gasteiger partial charge < -0.3 is 14.9 Å². The number of aliphatic hydroxyl groups excluding tert-OH is 2. The van der Waals surface area contributed by atoms with Crippen LogP contribution in [0.25, 0.3) is 0 Å². The molecule has 1 aromatic heterocycles. The first-order valence-corrected chi connectivity index (χ1v) is 7.99. The number of rotatable bonds is 2. The highest BCUT2D eigenvalue weighted by molar-refractivity contribution is 5.43. The van der Waals surface area contributed by atoms with E-state index in [1.54, 1.807) is 5.92 Å². The molecule has 2 aromatic rings. The molecule has 154 valence electrons. The van der Waals surface area contributed by atoms with Crippen molar-refractivity contribution < 1.29 is 36.9 Å². The highest BCUT2D eigenvalue weighted by atomic mass is 19.2. The number of hydrogen-bond acceptors (Lipinski definition) is 5. The standard InChI is InChI=1S/C17H11F5N2O5/c18-11-7(12(19)14(21)15(22)13(11)20)2-1-6-4-24(17(28)23-16(6)27)10-3-8(26)9(5-25)29-10/h4,8-10,25-26H,3,5H2,(H,23,27,28)/t8-,9+,10-/m1/s1. The molecule has 2 heterocycles. The number of nitrogens with zero attached hydrogens (tertiary/aromatic N) is 1. The Kier molecular flexibility index (Phi) is 5.56. The van der Waals surface area contributed by atoms with E-state index < -0.39 is 76.5 Å². The summed E-state index contributed by atoms with van der Waals surface area (Å²) < 4.78 is 73.0. The summed E-state index contributed by atoms with van der Waals surface area (Å²) in [6.45, 7) is -0.539. The number of nitrogens with one attached hydrogen (secondary N) is 1. The second-order valence-electron chi connectivity index (χ2n) is 6.02. The van der Waals surface area contributed by atoms with Crippen molar-refractivity contribution in [2.45, 2.75) is 24.9 Å². The van der Waals surface area contributed by atoms with Crippen molar-refractivity contribution in [2.24, 2.45) is 0 Å². The van der Waals surface area contributed by atoms with Gasteiger partial charge >= 0.3 is 5.69 Å². The van der Waals surface area contributed by atoms with Crippen molar-refractivity contribution in [3.8, 4) is 11.8 Å². The minimum absolute atomic E-state index is 0.123. The molecule has 0 radical (unpaired) electrons. The Labute approximate surface area is 158 Å². The van der Waals surface area contributed by atoms with Crippen LogP contribution < -0.4 is 11.2 Å². The Balaban J connectivity index is 2.06. The maximum Gasteiger partial charge on any atom is 0.330 e. The molecule has 3 N–H and O–H groups in total. The molecule has 29 heavy (non-hydrogen) atoms. The third-order valence-corrected chi connectivity index (χ3v) is 4.19. The second-order valence-corrected chi connectivity index (χ2v) is 6.02. The van der Waals surface area contributed by atoms with Gasteiger partial charge in [0.05, 0.1) is 12.7 Å². The van der Waals surface area contributed by atoms with Crippen LogP contribution in [0.15, 0.2) is 15.8 Å².